The second-order valence-corrected chi connectivity index (χ2v) is 6.03. The van der Waals surface area contributed by atoms with Crippen LogP contribution in [-0.4, -0.2) is 10.8 Å². The average Bonchev–Trinajstić information content (AvgIpc) is 3.38. The predicted octanol–water partition coefficient (Wildman–Crippen LogP) is 4.13. The number of carbonyl (C=O) groups is 1. The number of nitrogens with one attached hydrogen (secondary N) is 1. The quantitative estimate of drug-likeness (QED) is 0.661. The van der Waals surface area contributed by atoms with Gasteiger partial charge in [0, 0.05) is 11.6 Å². The number of amides is 1. The molecule has 0 bridgehead atoms. The van der Waals surface area contributed by atoms with Crippen LogP contribution < -0.4 is 5.32 Å². The summed E-state index contributed by atoms with van der Waals surface area (Å²) in [6.45, 7) is 0. The third-order valence-electron chi connectivity index (χ3n) is 3.94. The smallest absolute Gasteiger partial charge is 0.288 e. The van der Waals surface area contributed by atoms with E-state index in [1.165, 1.54) is 18.2 Å². The van der Waals surface area contributed by atoms with Crippen molar-refractivity contribution in [3.8, 4) is 0 Å². The fourth-order valence-electron chi connectivity index (χ4n) is 2.58. The zero-order chi connectivity index (χ0) is 16.4. The molecule has 23 heavy (non-hydrogen) atoms. The van der Waals surface area contributed by atoms with E-state index in [2.05, 4.69) is 5.32 Å². The molecule has 6 heteroatoms. The number of nitro benzene ring substituents is 1. The lowest BCUT2D eigenvalue weighted by atomic mass is 10.0. The molecule has 1 fully saturated rings. The Kier molecular flexibility index (Phi) is 4.30. The van der Waals surface area contributed by atoms with Crippen molar-refractivity contribution in [3.05, 3.63) is 74.8 Å². The molecular weight excluding hydrogens is 316 g/mol. The number of hydrogen-bond donors (Lipinski definition) is 1. The second kappa shape index (κ2) is 6.38. The lowest BCUT2D eigenvalue weighted by Crippen LogP contribution is -2.29. The fraction of sp³-hybridized carbons (Fsp3) is 0.235. The van der Waals surface area contributed by atoms with Crippen molar-refractivity contribution in [1.29, 1.82) is 0 Å². The van der Waals surface area contributed by atoms with Gasteiger partial charge in [0.2, 0.25) is 0 Å². The van der Waals surface area contributed by atoms with Crippen molar-refractivity contribution in [1.82, 2.24) is 5.32 Å². The molecule has 0 radical (unpaired) electrons. The molecule has 0 heterocycles. The van der Waals surface area contributed by atoms with Gasteiger partial charge in [-0.05, 0) is 36.5 Å². The molecule has 1 aliphatic carbocycles. The zero-order valence-electron chi connectivity index (χ0n) is 12.2. The molecule has 3 rings (SSSR count). The number of halogens is 1. The zero-order valence-corrected chi connectivity index (χ0v) is 13.0. The van der Waals surface area contributed by atoms with Crippen LogP contribution in [0.15, 0.2) is 48.5 Å². The van der Waals surface area contributed by atoms with E-state index in [4.69, 9.17) is 11.6 Å². The van der Waals surface area contributed by atoms with Crippen LogP contribution >= 0.6 is 11.6 Å². The van der Waals surface area contributed by atoms with Gasteiger partial charge in [-0.1, -0.05) is 41.9 Å². The minimum absolute atomic E-state index is 0.0216. The maximum Gasteiger partial charge on any atom is 0.288 e. The van der Waals surface area contributed by atoms with E-state index in [9.17, 15) is 14.9 Å². The highest BCUT2D eigenvalue weighted by Gasteiger charge is 2.33. The van der Waals surface area contributed by atoms with Crippen molar-refractivity contribution >= 4 is 23.2 Å². The van der Waals surface area contributed by atoms with Crippen molar-refractivity contribution < 1.29 is 9.72 Å². The highest BCUT2D eigenvalue weighted by molar-refractivity contribution is 6.32. The van der Waals surface area contributed by atoms with Gasteiger partial charge in [0.1, 0.15) is 5.02 Å². The Morgan fingerprint density at radius 1 is 1.22 bits per heavy atom. The molecule has 1 saturated carbocycles. The van der Waals surface area contributed by atoms with Crippen LogP contribution in [0.1, 0.15) is 34.8 Å². The minimum Gasteiger partial charge on any atom is -0.345 e. The summed E-state index contributed by atoms with van der Waals surface area (Å²) in [5, 5.41) is 14.0. The minimum atomic E-state index is -0.589. The van der Waals surface area contributed by atoms with Crippen molar-refractivity contribution in [2.75, 3.05) is 0 Å². The maximum atomic E-state index is 12.5. The molecule has 0 spiro atoms. The molecule has 0 aliphatic heterocycles. The predicted molar refractivity (Wildman–Crippen MR) is 87.5 cm³/mol. The van der Waals surface area contributed by atoms with Gasteiger partial charge >= 0.3 is 0 Å². The molecule has 0 aromatic heterocycles. The molecule has 1 aliphatic rings. The number of benzene rings is 2. The Morgan fingerprint density at radius 2 is 1.91 bits per heavy atom. The third kappa shape index (κ3) is 3.51. The van der Waals surface area contributed by atoms with Gasteiger partial charge in [0.15, 0.2) is 0 Å². The van der Waals surface area contributed by atoms with E-state index in [0.29, 0.717) is 5.92 Å². The summed E-state index contributed by atoms with van der Waals surface area (Å²) in [6.07, 6.45) is 2.14. The molecule has 2 aromatic rings. The summed E-state index contributed by atoms with van der Waals surface area (Å²) in [4.78, 5) is 22.8. The lowest BCUT2D eigenvalue weighted by Gasteiger charge is -2.19. The molecular formula is C17H15ClN2O3. The normalized spacial score (nSPS) is 15.0. The number of nitrogens with zero attached hydrogens (tertiary/aromatic N) is 1. The van der Waals surface area contributed by atoms with E-state index in [0.717, 1.165) is 18.4 Å². The van der Waals surface area contributed by atoms with Crippen molar-refractivity contribution in [2.24, 2.45) is 5.92 Å². The average molecular weight is 331 g/mol. The molecule has 0 unspecified atom stereocenters. The van der Waals surface area contributed by atoms with Gasteiger partial charge in [-0.3, -0.25) is 14.9 Å². The Balaban J connectivity index is 1.83. The van der Waals surface area contributed by atoms with Crippen LogP contribution in [0.2, 0.25) is 5.02 Å². The van der Waals surface area contributed by atoms with E-state index in [-0.39, 0.29) is 28.2 Å². The second-order valence-electron chi connectivity index (χ2n) is 5.62. The van der Waals surface area contributed by atoms with Gasteiger partial charge in [-0.15, -0.1) is 0 Å². The standard InChI is InChI=1S/C17H15ClN2O3/c18-14-9-8-13(10-15(14)20(22)23)17(21)19-16(12-6-7-12)11-4-2-1-3-5-11/h1-5,8-10,12,16H,6-7H2,(H,19,21)/t16-/m1/s1. The Morgan fingerprint density at radius 3 is 2.52 bits per heavy atom. The van der Waals surface area contributed by atoms with Gasteiger partial charge in [-0.2, -0.15) is 0 Å². The first-order chi connectivity index (χ1) is 11.1. The summed E-state index contributed by atoms with van der Waals surface area (Å²) in [5.74, 6) is 0.0918. The summed E-state index contributed by atoms with van der Waals surface area (Å²) in [6, 6.07) is 13.8. The molecule has 2 aromatic carbocycles. The van der Waals surface area contributed by atoms with Crippen LogP contribution in [0, 0.1) is 16.0 Å². The van der Waals surface area contributed by atoms with Crippen molar-refractivity contribution in [3.63, 3.8) is 0 Å². The Bertz CT molecular complexity index is 745. The van der Waals surface area contributed by atoms with Crippen LogP contribution in [0.25, 0.3) is 0 Å². The molecule has 5 nitrogen and oxygen atoms in total. The molecule has 0 saturated heterocycles. The summed E-state index contributed by atoms with van der Waals surface area (Å²) < 4.78 is 0. The summed E-state index contributed by atoms with van der Waals surface area (Å²) in [7, 11) is 0. The number of hydrogen-bond acceptors (Lipinski definition) is 3. The van der Waals surface area contributed by atoms with E-state index >= 15 is 0 Å². The Labute approximate surface area is 138 Å². The number of nitro groups is 1. The largest absolute Gasteiger partial charge is 0.345 e. The molecule has 1 N–H and O–H groups in total. The van der Waals surface area contributed by atoms with Crippen LogP contribution in [0.3, 0.4) is 0 Å². The lowest BCUT2D eigenvalue weighted by molar-refractivity contribution is -0.384. The van der Waals surface area contributed by atoms with Crippen LogP contribution in [-0.2, 0) is 0 Å². The first-order valence-electron chi connectivity index (χ1n) is 7.36. The van der Waals surface area contributed by atoms with Crippen molar-refractivity contribution in [2.45, 2.75) is 18.9 Å². The first kappa shape index (κ1) is 15.5. The maximum absolute atomic E-state index is 12.5. The molecule has 1 atom stereocenters. The van der Waals surface area contributed by atoms with Gasteiger partial charge in [0.25, 0.3) is 11.6 Å². The van der Waals surface area contributed by atoms with Crippen LogP contribution in [0.5, 0.6) is 0 Å². The van der Waals surface area contributed by atoms with Crippen LogP contribution in [0.4, 0.5) is 5.69 Å². The topological polar surface area (TPSA) is 72.2 Å². The Hall–Kier alpha value is -2.40. The molecule has 118 valence electrons. The molecule has 1 amide bonds. The van der Waals surface area contributed by atoms with Gasteiger partial charge in [-0.25, -0.2) is 0 Å². The van der Waals surface area contributed by atoms with E-state index in [1.807, 2.05) is 30.3 Å². The summed E-state index contributed by atoms with van der Waals surface area (Å²) in [5.41, 5.74) is 1.02. The van der Waals surface area contributed by atoms with Gasteiger partial charge in [0.05, 0.1) is 11.0 Å². The van der Waals surface area contributed by atoms with E-state index in [1.54, 1.807) is 0 Å². The SMILES string of the molecule is O=C(N[C@H](c1ccccc1)C1CC1)c1ccc(Cl)c([N+](=O)[O-])c1. The highest BCUT2D eigenvalue weighted by Crippen LogP contribution is 2.41. The third-order valence-corrected chi connectivity index (χ3v) is 4.26. The first-order valence-corrected chi connectivity index (χ1v) is 7.74. The monoisotopic (exact) mass is 330 g/mol. The number of carbonyl (C=O) groups excluding carboxylic acids is 1. The van der Waals surface area contributed by atoms with E-state index < -0.39 is 4.92 Å². The highest BCUT2D eigenvalue weighted by atomic mass is 35.5. The van der Waals surface area contributed by atoms with Gasteiger partial charge < -0.3 is 5.32 Å². The fourth-order valence-corrected chi connectivity index (χ4v) is 2.77. The summed E-state index contributed by atoms with van der Waals surface area (Å²) >= 11 is 5.78. The number of rotatable bonds is 5.